The van der Waals surface area contributed by atoms with Crippen molar-refractivity contribution >= 4 is 45.0 Å². The Hall–Kier alpha value is -5.93. The number of thiophene rings is 1. The van der Waals surface area contributed by atoms with Gasteiger partial charge in [0.05, 0.1) is 10.5 Å². The molecule has 0 bridgehead atoms. The first-order valence-electron chi connectivity index (χ1n) is 14.7. The first kappa shape index (κ1) is 31.1. The smallest absolute Gasteiger partial charge is 0.336 e. The highest BCUT2D eigenvalue weighted by molar-refractivity contribution is 7.20. The fourth-order valence-corrected chi connectivity index (χ4v) is 5.87. The second kappa shape index (κ2) is 14.4. The number of benzene rings is 4. The van der Waals surface area contributed by atoms with Crippen molar-refractivity contribution in [1.82, 2.24) is 4.98 Å². The fourth-order valence-electron chi connectivity index (χ4n) is 4.79. The summed E-state index contributed by atoms with van der Waals surface area (Å²) in [6.45, 7) is 1.97. The van der Waals surface area contributed by atoms with Crippen LogP contribution in [0.1, 0.15) is 28.5 Å². The van der Waals surface area contributed by atoms with Crippen LogP contribution < -0.4 is 18.9 Å². The normalized spacial score (nSPS) is 11.2. The number of ether oxygens (including phenoxy) is 4. The van der Waals surface area contributed by atoms with Crippen LogP contribution in [0.25, 0.3) is 21.7 Å². The van der Waals surface area contributed by atoms with Gasteiger partial charge in [0.1, 0.15) is 24.7 Å². The van der Waals surface area contributed by atoms with Gasteiger partial charge < -0.3 is 24.1 Å². The molecule has 6 rings (SSSR count). The van der Waals surface area contributed by atoms with Gasteiger partial charge in [-0.05, 0) is 65.2 Å². The zero-order valence-corrected chi connectivity index (χ0v) is 26.1. The third-order valence-electron chi connectivity index (χ3n) is 7.01. The molecule has 2 aromatic heterocycles. The molecular weight excluding hydrogens is 614 g/mol. The van der Waals surface area contributed by atoms with Gasteiger partial charge in [0.2, 0.25) is 0 Å². The second-order valence-electron chi connectivity index (χ2n) is 10.4. The first-order valence-corrected chi connectivity index (χ1v) is 15.5. The monoisotopic (exact) mass is 643 g/mol. The van der Waals surface area contributed by atoms with E-state index in [4.69, 9.17) is 18.9 Å². The quantitative estimate of drug-likeness (QED) is 0.0802. The summed E-state index contributed by atoms with van der Waals surface area (Å²) >= 11 is 1.37. The summed E-state index contributed by atoms with van der Waals surface area (Å²) in [6, 6.07) is 33.3. The lowest BCUT2D eigenvalue weighted by molar-refractivity contribution is -0.132. The number of carboxylic acids is 1. The Balaban J connectivity index is 1.46. The van der Waals surface area contributed by atoms with Gasteiger partial charge in [-0.2, -0.15) is 0 Å². The Morgan fingerprint density at radius 2 is 1.34 bits per heavy atom. The van der Waals surface area contributed by atoms with Crippen molar-refractivity contribution < 1.29 is 33.6 Å². The van der Waals surface area contributed by atoms with Crippen LogP contribution in [0.5, 0.6) is 28.7 Å². The van der Waals surface area contributed by atoms with E-state index in [-0.39, 0.29) is 5.57 Å². The second-order valence-corrected chi connectivity index (χ2v) is 11.5. The van der Waals surface area contributed by atoms with Crippen molar-refractivity contribution in [3.05, 3.63) is 143 Å². The minimum absolute atomic E-state index is 0.0788. The lowest BCUT2D eigenvalue weighted by atomic mass is 10.1. The van der Waals surface area contributed by atoms with Gasteiger partial charge in [0.25, 0.3) is 0 Å². The van der Waals surface area contributed by atoms with E-state index in [0.29, 0.717) is 57.8 Å². The third-order valence-corrected chi connectivity index (χ3v) is 8.09. The molecule has 0 atom stereocenters. The molecule has 8 nitrogen and oxygen atoms in total. The summed E-state index contributed by atoms with van der Waals surface area (Å²) < 4.78 is 25.1. The number of aromatic nitrogens is 1. The summed E-state index contributed by atoms with van der Waals surface area (Å²) in [7, 11) is 0. The van der Waals surface area contributed by atoms with Gasteiger partial charge in [-0.25, -0.2) is 4.79 Å². The first-order chi connectivity index (χ1) is 22.9. The molecule has 0 radical (unpaired) electrons. The van der Waals surface area contributed by atoms with Crippen molar-refractivity contribution in [1.29, 1.82) is 0 Å². The van der Waals surface area contributed by atoms with Gasteiger partial charge >= 0.3 is 11.9 Å². The molecule has 0 amide bonds. The Bertz CT molecular complexity index is 2020. The van der Waals surface area contributed by atoms with E-state index in [2.05, 4.69) is 4.98 Å². The van der Waals surface area contributed by atoms with Crippen LogP contribution in [0.3, 0.4) is 0 Å². The highest BCUT2D eigenvalue weighted by atomic mass is 32.1. The standard InChI is InChI=1S/C38H29NO7S/c1-25(40)45-29-12-14-30(15-13-29)46-37-32-20-33(43-23-26-8-4-2-5-9-26)34(44-24-27-10-6-3-7-11-27)22-35(32)47-36(37)21-31(38(41)42)28-16-18-39-19-17-28/h2-22H,23-24H2,1H3,(H,41,42). The molecule has 0 aliphatic heterocycles. The van der Waals surface area contributed by atoms with Gasteiger partial charge in [0, 0.05) is 35.5 Å². The van der Waals surface area contributed by atoms with Gasteiger partial charge in [-0.1, -0.05) is 60.7 Å². The Kier molecular flexibility index (Phi) is 9.55. The lowest BCUT2D eigenvalue weighted by Gasteiger charge is -2.14. The minimum Gasteiger partial charge on any atom is -0.485 e. The topological polar surface area (TPSA) is 104 Å². The number of hydrogen-bond donors (Lipinski definition) is 1. The molecule has 0 saturated heterocycles. The van der Waals surface area contributed by atoms with E-state index in [0.717, 1.165) is 15.8 Å². The molecule has 0 fully saturated rings. The average molecular weight is 644 g/mol. The number of hydrogen-bond acceptors (Lipinski definition) is 8. The molecule has 4 aromatic carbocycles. The zero-order valence-electron chi connectivity index (χ0n) is 25.3. The number of esters is 1. The van der Waals surface area contributed by atoms with Crippen molar-refractivity contribution in [2.75, 3.05) is 0 Å². The molecule has 6 aromatic rings. The third kappa shape index (κ3) is 7.84. The predicted molar refractivity (Wildman–Crippen MR) is 181 cm³/mol. The maximum atomic E-state index is 12.5. The van der Waals surface area contributed by atoms with E-state index < -0.39 is 11.9 Å². The van der Waals surface area contributed by atoms with Crippen molar-refractivity contribution in [3.8, 4) is 28.7 Å². The van der Waals surface area contributed by atoms with Crippen LogP contribution in [0.4, 0.5) is 0 Å². The summed E-state index contributed by atoms with van der Waals surface area (Å²) in [5.41, 5.74) is 2.57. The van der Waals surface area contributed by atoms with E-state index in [1.807, 2.05) is 72.8 Å². The summed E-state index contributed by atoms with van der Waals surface area (Å²) in [5, 5.41) is 10.9. The van der Waals surface area contributed by atoms with Crippen molar-refractivity contribution in [2.24, 2.45) is 0 Å². The largest absolute Gasteiger partial charge is 0.485 e. The van der Waals surface area contributed by atoms with E-state index in [9.17, 15) is 14.7 Å². The fraction of sp³-hybridized carbons (Fsp3) is 0.0789. The van der Waals surface area contributed by atoms with Gasteiger partial charge in [-0.3, -0.25) is 9.78 Å². The van der Waals surface area contributed by atoms with Crippen LogP contribution in [0.15, 0.2) is 122 Å². The zero-order chi connectivity index (χ0) is 32.6. The Morgan fingerprint density at radius 3 is 1.91 bits per heavy atom. The summed E-state index contributed by atoms with van der Waals surface area (Å²) in [5.74, 6) is 0.809. The van der Waals surface area contributed by atoms with Gasteiger partial charge in [0.15, 0.2) is 17.2 Å². The van der Waals surface area contributed by atoms with Crippen LogP contribution >= 0.6 is 11.3 Å². The number of carbonyl (C=O) groups is 2. The molecule has 0 spiro atoms. The molecule has 0 saturated carbocycles. The van der Waals surface area contributed by atoms with Crippen LogP contribution in [-0.2, 0) is 22.8 Å². The maximum absolute atomic E-state index is 12.5. The molecule has 9 heteroatoms. The minimum atomic E-state index is -1.09. The van der Waals surface area contributed by atoms with E-state index >= 15 is 0 Å². The number of fused-ring (bicyclic) bond motifs is 1. The molecule has 0 aliphatic carbocycles. The maximum Gasteiger partial charge on any atom is 0.336 e. The van der Waals surface area contributed by atoms with Crippen LogP contribution in [-0.4, -0.2) is 22.0 Å². The number of aliphatic carboxylic acids is 1. The predicted octanol–water partition coefficient (Wildman–Crippen LogP) is 8.80. The van der Waals surface area contributed by atoms with Crippen LogP contribution in [0, 0.1) is 0 Å². The van der Waals surface area contributed by atoms with Crippen molar-refractivity contribution in [2.45, 2.75) is 20.1 Å². The number of carbonyl (C=O) groups excluding carboxylic acids is 1. The molecule has 0 unspecified atom stereocenters. The van der Waals surface area contributed by atoms with Gasteiger partial charge in [-0.15, -0.1) is 11.3 Å². The average Bonchev–Trinajstić information content (AvgIpc) is 3.42. The van der Waals surface area contributed by atoms with E-state index in [1.54, 1.807) is 54.9 Å². The van der Waals surface area contributed by atoms with Crippen molar-refractivity contribution in [3.63, 3.8) is 0 Å². The highest BCUT2D eigenvalue weighted by Gasteiger charge is 2.21. The van der Waals surface area contributed by atoms with Crippen LogP contribution in [0.2, 0.25) is 0 Å². The number of pyridine rings is 1. The molecule has 47 heavy (non-hydrogen) atoms. The number of carboxylic acid groups (broad SMARTS) is 1. The molecular formula is C38H29NO7S. The lowest BCUT2D eigenvalue weighted by Crippen LogP contribution is -2.01. The highest BCUT2D eigenvalue weighted by Crippen LogP contribution is 2.47. The molecule has 1 N–H and O–H groups in total. The summed E-state index contributed by atoms with van der Waals surface area (Å²) in [6.07, 6.45) is 4.69. The SMILES string of the molecule is CC(=O)Oc1ccc(Oc2c(C=C(C(=O)O)c3ccncc3)sc3cc(OCc4ccccc4)c(OCc4ccccc4)cc23)cc1. The Labute approximate surface area is 275 Å². The van der Waals surface area contributed by atoms with E-state index in [1.165, 1.54) is 18.3 Å². The molecule has 2 heterocycles. The molecule has 0 aliphatic rings. The Morgan fingerprint density at radius 1 is 0.766 bits per heavy atom. The number of rotatable bonds is 12. The summed E-state index contributed by atoms with van der Waals surface area (Å²) in [4.78, 5) is 28.5. The number of nitrogens with zero attached hydrogens (tertiary/aromatic N) is 1. The molecule has 234 valence electrons.